The zero-order chi connectivity index (χ0) is 13.1. The Morgan fingerprint density at radius 1 is 1.42 bits per heavy atom. The Balaban J connectivity index is 1.61. The molecule has 102 valence electrons. The number of hydrogen-bond acceptors (Lipinski definition) is 4. The van der Waals surface area contributed by atoms with Gasteiger partial charge in [-0.3, -0.25) is 4.79 Å². The van der Waals surface area contributed by atoms with Crippen molar-refractivity contribution in [2.45, 2.75) is 25.0 Å². The zero-order valence-corrected chi connectivity index (χ0v) is 10.9. The van der Waals surface area contributed by atoms with Crippen molar-refractivity contribution in [3.63, 3.8) is 0 Å². The molecule has 0 saturated carbocycles. The Labute approximate surface area is 113 Å². The lowest BCUT2D eigenvalue weighted by atomic mass is 9.85. The topological polar surface area (TPSA) is 47.6 Å². The molecule has 1 unspecified atom stereocenters. The van der Waals surface area contributed by atoms with Gasteiger partial charge in [-0.15, -0.1) is 0 Å². The molecule has 0 bridgehead atoms. The maximum atomic E-state index is 12.3. The Morgan fingerprint density at radius 3 is 3.00 bits per heavy atom. The molecule has 0 aliphatic carbocycles. The number of nitrogens with one attached hydrogen (secondary N) is 1. The van der Waals surface area contributed by atoms with Gasteiger partial charge in [0.15, 0.2) is 0 Å². The standard InChI is InChI=1S/C15H19NO3/c17-14(19-10-12-4-2-1-3-5-12)13-6-8-16-15(13)7-9-18-11-15/h1-5,13,16H,6-11H2/t13?,15-/m1/s1. The average molecular weight is 261 g/mol. The van der Waals surface area contributed by atoms with Crippen molar-refractivity contribution in [3.8, 4) is 0 Å². The molecule has 4 nitrogen and oxygen atoms in total. The molecule has 4 heteroatoms. The van der Waals surface area contributed by atoms with Crippen molar-refractivity contribution >= 4 is 5.97 Å². The Morgan fingerprint density at radius 2 is 2.26 bits per heavy atom. The number of ether oxygens (including phenoxy) is 2. The van der Waals surface area contributed by atoms with E-state index in [2.05, 4.69) is 5.32 Å². The van der Waals surface area contributed by atoms with Gasteiger partial charge in [-0.05, 0) is 24.9 Å². The average Bonchev–Trinajstić information content (AvgIpc) is 3.08. The second-order valence-electron chi connectivity index (χ2n) is 5.32. The molecule has 0 radical (unpaired) electrons. The first kappa shape index (κ1) is 12.6. The highest BCUT2D eigenvalue weighted by molar-refractivity contribution is 5.75. The Kier molecular flexibility index (Phi) is 3.53. The maximum Gasteiger partial charge on any atom is 0.311 e. The van der Waals surface area contributed by atoms with Crippen LogP contribution < -0.4 is 5.32 Å². The number of rotatable bonds is 3. The van der Waals surface area contributed by atoms with Crippen molar-refractivity contribution in [3.05, 3.63) is 35.9 Å². The van der Waals surface area contributed by atoms with Crippen LogP contribution in [0.5, 0.6) is 0 Å². The van der Waals surface area contributed by atoms with Gasteiger partial charge in [-0.25, -0.2) is 0 Å². The molecular formula is C15H19NO3. The first-order valence-electron chi connectivity index (χ1n) is 6.83. The number of esters is 1. The predicted molar refractivity (Wildman–Crippen MR) is 70.5 cm³/mol. The fourth-order valence-electron chi connectivity index (χ4n) is 3.03. The fourth-order valence-corrected chi connectivity index (χ4v) is 3.03. The summed E-state index contributed by atoms with van der Waals surface area (Å²) in [5, 5.41) is 3.44. The van der Waals surface area contributed by atoms with Crippen LogP contribution in [-0.2, 0) is 20.9 Å². The largest absolute Gasteiger partial charge is 0.461 e. The second kappa shape index (κ2) is 5.31. The van der Waals surface area contributed by atoms with Gasteiger partial charge in [0.25, 0.3) is 0 Å². The SMILES string of the molecule is O=C(OCc1ccccc1)C1CCN[C@@]12CCOC2. The van der Waals surface area contributed by atoms with E-state index in [9.17, 15) is 4.79 Å². The molecule has 2 atom stereocenters. The number of hydrogen-bond donors (Lipinski definition) is 1. The lowest BCUT2D eigenvalue weighted by molar-refractivity contribution is -0.152. The summed E-state index contributed by atoms with van der Waals surface area (Å²) >= 11 is 0. The van der Waals surface area contributed by atoms with Crippen LogP contribution in [0.3, 0.4) is 0 Å². The predicted octanol–water partition coefficient (Wildman–Crippen LogP) is 1.50. The van der Waals surface area contributed by atoms with Crippen LogP contribution in [0.2, 0.25) is 0 Å². The maximum absolute atomic E-state index is 12.3. The van der Waals surface area contributed by atoms with Crippen LogP contribution in [-0.4, -0.2) is 31.3 Å². The van der Waals surface area contributed by atoms with Gasteiger partial charge >= 0.3 is 5.97 Å². The van der Waals surface area contributed by atoms with Gasteiger partial charge in [0, 0.05) is 6.61 Å². The number of carbonyl (C=O) groups is 1. The summed E-state index contributed by atoms with van der Waals surface area (Å²) in [6, 6.07) is 9.79. The molecule has 1 spiro atoms. The van der Waals surface area contributed by atoms with E-state index in [1.165, 1.54) is 0 Å². The zero-order valence-electron chi connectivity index (χ0n) is 10.9. The molecule has 3 rings (SSSR count). The summed E-state index contributed by atoms with van der Waals surface area (Å²) < 4.78 is 10.9. The van der Waals surface area contributed by atoms with Crippen LogP contribution in [0.1, 0.15) is 18.4 Å². The molecule has 1 aromatic rings. The number of benzene rings is 1. The van der Waals surface area contributed by atoms with Gasteiger partial charge in [0.1, 0.15) is 6.61 Å². The molecule has 2 aliphatic rings. The first-order valence-corrected chi connectivity index (χ1v) is 6.83. The molecule has 1 aromatic carbocycles. The summed E-state index contributed by atoms with van der Waals surface area (Å²) in [7, 11) is 0. The third kappa shape index (κ3) is 2.51. The molecule has 2 fully saturated rings. The molecule has 1 N–H and O–H groups in total. The highest BCUT2D eigenvalue weighted by atomic mass is 16.5. The van der Waals surface area contributed by atoms with E-state index in [1.807, 2.05) is 30.3 Å². The van der Waals surface area contributed by atoms with E-state index in [0.29, 0.717) is 13.2 Å². The van der Waals surface area contributed by atoms with Crippen molar-refractivity contribution < 1.29 is 14.3 Å². The van der Waals surface area contributed by atoms with Crippen molar-refractivity contribution in [1.82, 2.24) is 5.32 Å². The summed E-state index contributed by atoms with van der Waals surface area (Å²) in [6.07, 6.45) is 1.75. The van der Waals surface area contributed by atoms with E-state index in [-0.39, 0.29) is 17.4 Å². The normalized spacial score (nSPS) is 29.8. The van der Waals surface area contributed by atoms with E-state index in [1.54, 1.807) is 0 Å². The van der Waals surface area contributed by atoms with Gasteiger partial charge in [-0.2, -0.15) is 0 Å². The minimum absolute atomic E-state index is 0.0706. The Bertz CT molecular complexity index is 434. The van der Waals surface area contributed by atoms with E-state index in [0.717, 1.165) is 31.6 Å². The molecule has 0 amide bonds. The monoisotopic (exact) mass is 261 g/mol. The van der Waals surface area contributed by atoms with Crippen LogP contribution >= 0.6 is 0 Å². The van der Waals surface area contributed by atoms with Crippen molar-refractivity contribution in [2.75, 3.05) is 19.8 Å². The van der Waals surface area contributed by atoms with Gasteiger partial charge in [-0.1, -0.05) is 30.3 Å². The van der Waals surface area contributed by atoms with Gasteiger partial charge in [0.05, 0.1) is 18.1 Å². The first-order chi connectivity index (χ1) is 9.30. The van der Waals surface area contributed by atoms with E-state index >= 15 is 0 Å². The summed E-state index contributed by atoms with van der Waals surface area (Å²) in [4.78, 5) is 12.3. The van der Waals surface area contributed by atoms with Crippen LogP contribution in [0.15, 0.2) is 30.3 Å². The molecule has 19 heavy (non-hydrogen) atoms. The summed E-state index contributed by atoms with van der Waals surface area (Å²) in [6.45, 7) is 2.58. The minimum atomic E-state index is -0.173. The smallest absolute Gasteiger partial charge is 0.311 e. The quantitative estimate of drug-likeness (QED) is 0.838. The third-order valence-electron chi connectivity index (χ3n) is 4.14. The molecule has 2 aliphatic heterocycles. The highest BCUT2D eigenvalue weighted by Crippen LogP contribution is 2.35. The van der Waals surface area contributed by atoms with Gasteiger partial charge in [0.2, 0.25) is 0 Å². The molecule has 0 aromatic heterocycles. The van der Waals surface area contributed by atoms with Crippen LogP contribution in [0.25, 0.3) is 0 Å². The number of carbonyl (C=O) groups excluding carboxylic acids is 1. The van der Waals surface area contributed by atoms with Crippen molar-refractivity contribution in [1.29, 1.82) is 0 Å². The van der Waals surface area contributed by atoms with Gasteiger partial charge < -0.3 is 14.8 Å². The van der Waals surface area contributed by atoms with Crippen LogP contribution in [0.4, 0.5) is 0 Å². The van der Waals surface area contributed by atoms with Crippen LogP contribution in [0, 0.1) is 5.92 Å². The minimum Gasteiger partial charge on any atom is -0.461 e. The third-order valence-corrected chi connectivity index (χ3v) is 4.14. The van der Waals surface area contributed by atoms with E-state index in [4.69, 9.17) is 9.47 Å². The highest BCUT2D eigenvalue weighted by Gasteiger charge is 2.49. The van der Waals surface area contributed by atoms with Crippen molar-refractivity contribution in [2.24, 2.45) is 5.92 Å². The molecule has 2 saturated heterocycles. The fraction of sp³-hybridized carbons (Fsp3) is 0.533. The van der Waals surface area contributed by atoms with E-state index < -0.39 is 0 Å². The molecular weight excluding hydrogens is 242 g/mol. The Hall–Kier alpha value is -1.39. The summed E-state index contributed by atoms with van der Waals surface area (Å²) in [5.74, 6) is -0.168. The lowest BCUT2D eigenvalue weighted by Gasteiger charge is -2.28. The lowest BCUT2D eigenvalue weighted by Crippen LogP contribution is -2.48. The molecule has 2 heterocycles. The summed E-state index contributed by atoms with van der Waals surface area (Å²) in [5.41, 5.74) is 0.854. The second-order valence-corrected chi connectivity index (χ2v) is 5.32.